The Balaban J connectivity index is 1.35. The van der Waals surface area contributed by atoms with Crippen molar-refractivity contribution in [3.8, 4) is 0 Å². The number of nitrogens with zero attached hydrogens (tertiary/aromatic N) is 4. The molecule has 0 atom stereocenters. The first-order chi connectivity index (χ1) is 20.6. The highest BCUT2D eigenvalue weighted by atomic mass is 79.9. The van der Waals surface area contributed by atoms with E-state index in [1.54, 1.807) is 0 Å². The van der Waals surface area contributed by atoms with E-state index in [1.807, 2.05) is 0 Å². The van der Waals surface area contributed by atoms with E-state index >= 15 is 0 Å². The molecule has 1 fully saturated rings. The number of halogens is 2. The molecule has 0 spiro atoms. The van der Waals surface area contributed by atoms with Crippen LogP contribution >= 0.6 is 31.9 Å². The first-order valence-corrected chi connectivity index (χ1v) is 16.6. The molecule has 4 nitrogen and oxygen atoms in total. The molecule has 0 aliphatic carbocycles. The highest BCUT2D eigenvalue weighted by Crippen LogP contribution is 2.17. The van der Waals surface area contributed by atoms with Crippen molar-refractivity contribution in [3.63, 3.8) is 0 Å². The van der Waals surface area contributed by atoms with Crippen molar-refractivity contribution in [1.82, 2.24) is 19.6 Å². The largest absolute Gasteiger partial charge is 0.297 e. The summed E-state index contributed by atoms with van der Waals surface area (Å²) in [6, 6.07) is 39.5. The molecule has 4 aromatic carbocycles. The standard InChI is InChI=1S/C36H42Br2N4/c37-35-15-7-13-33(25-35)29-41-21-17-39(27-31-9-3-1-4-10-31)18-22-42(30-34-14-8-16-36(38)26-34)24-20-40(19-23-41)28-32-11-5-2-6-12-32/h1-16,25-26H,17-24,27-30H2. The van der Waals surface area contributed by atoms with Crippen LogP contribution in [0.4, 0.5) is 0 Å². The van der Waals surface area contributed by atoms with Gasteiger partial charge < -0.3 is 0 Å². The van der Waals surface area contributed by atoms with Crippen LogP contribution in [0.15, 0.2) is 118 Å². The lowest BCUT2D eigenvalue weighted by Crippen LogP contribution is -2.45. The lowest BCUT2D eigenvalue weighted by Gasteiger charge is -2.34. The van der Waals surface area contributed by atoms with Crippen LogP contribution in [-0.2, 0) is 26.2 Å². The van der Waals surface area contributed by atoms with Crippen LogP contribution in [0.5, 0.6) is 0 Å². The summed E-state index contributed by atoms with van der Waals surface area (Å²) in [7, 11) is 0. The first-order valence-electron chi connectivity index (χ1n) is 15.1. The van der Waals surface area contributed by atoms with Crippen molar-refractivity contribution in [2.24, 2.45) is 0 Å². The Kier molecular flexibility index (Phi) is 12.2. The van der Waals surface area contributed by atoms with Gasteiger partial charge in [0, 0.05) is 87.5 Å². The molecule has 5 rings (SSSR count). The summed E-state index contributed by atoms with van der Waals surface area (Å²) in [6.45, 7) is 12.3. The van der Waals surface area contributed by atoms with Gasteiger partial charge in [-0.25, -0.2) is 0 Å². The lowest BCUT2D eigenvalue weighted by molar-refractivity contribution is 0.122. The molecule has 220 valence electrons. The summed E-state index contributed by atoms with van der Waals surface area (Å²) in [6.07, 6.45) is 0. The molecule has 1 heterocycles. The van der Waals surface area contributed by atoms with Gasteiger partial charge in [-0.05, 0) is 46.5 Å². The van der Waals surface area contributed by atoms with Gasteiger partial charge in [-0.1, -0.05) is 117 Å². The van der Waals surface area contributed by atoms with E-state index in [2.05, 4.69) is 161 Å². The van der Waals surface area contributed by atoms with Gasteiger partial charge in [0.05, 0.1) is 0 Å². The Hall–Kier alpha value is -2.32. The molecule has 1 saturated heterocycles. The third-order valence-corrected chi connectivity index (χ3v) is 9.00. The van der Waals surface area contributed by atoms with Crippen LogP contribution < -0.4 is 0 Å². The number of rotatable bonds is 8. The Morgan fingerprint density at radius 1 is 0.357 bits per heavy atom. The van der Waals surface area contributed by atoms with Crippen molar-refractivity contribution < 1.29 is 0 Å². The van der Waals surface area contributed by atoms with Crippen LogP contribution in [0.2, 0.25) is 0 Å². The Morgan fingerprint density at radius 3 is 0.952 bits per heavy atom. The molecule has 0 unspecified atom stereocenters. The summed E-state index contributed by atoms with van der Waals surface area (Å²) in [5, 5.41) is 0. The quantitative estimate of drug-likeness (QED) is 0.190. The van der Waals surface area contributed by atoms with Gasteiger partial charge in [0.15, 0.2) is 0 Å². The van der Waals surface area contributed by atoms with Gasteiger partial charge in [-0.2, -0.15) is 0 Å². The topological polar surface area (TPSA) is 13.0 Å². The maximum atomic E-state index is 3.68. The lowest BCUT2D eigenvalue weighted by atomic mass is 10.1. The van der Waals surface area contributed by atoms with E-state index in [0.717, 1.165) is 87.5 Å². The van der Waals surface area contributed by atoms with Crippen molar-refractivity contribution in [3.05, 3.63) is 140 Å². The SMILES string of the molecule is Brc1cccc(CN2CCN(Cc3ccccc3)CCN(Cc3cccc(Br)c3)CCN(Cc3ccccc3)CC2)c1. The summed E-state index contributed by atoms with van der Waals surface area (Å²) in [5.74, 6) is 0. The molecule has 0 bridgehead atoms. The summed E-state index contributed by atoms with van der Waals surface area (Å²) in [4.78, 5) is 10.6. The van der Waals surface area contributed by atoms with Crippen LogP contribution in [0, 0.1) is 0 Å². The molecule has 0 aromatic heterocycles. The summed E-state index contributed by atoms with van der Waals surface area (Å²) in [5.41, 5.74) is 5.49. The Morgan fingerprint density at radius 2 is 0.643 bits per heavy atom. The monoisotopic (exact) mass is 688 g/mol. The smallest absolute Gasteiger partial charge is 0.0235 e. The fourth-order valence-electron chi connectivity index (χ4n) is 5.68. The molecule has 6 heteroatoms. The highest BCUT2D eigenvalue weighted by Gasteiger charge is 2.18. The number of hydrogen-bond acceptors (Lipinski definition) is 4. The molecule has 0 saturated carbocycles. The van der Waals surface area contributed by atoms with Crippen molar-refractivity contribution in [1.29, 1.82) is 0 Å². The highest BCUT2D eigenvalue weighted by molar-refractivity contribution is 9.10. The molecule has 1 aliphatic heterocycles. The fraction of sp³-hybridized carbons (Fsp3) is 0.333. The average Bonchev–Trinajstić information content (AvgIpc) is 2.99. The third kappa shape index (κ3) is 10.4. The second-order valence-electron chi connectivity index (χ2n) is 11.3. The molecule has 42 heavy (non-hydrogen) atoms. The second kappa shape index (κ2) is 16.5. The predicted octanol–water partition coefficient (Wildman–Crippen LogP) is 7.53. The van der Waals surface area contributed by atoms with Gasteiger partial charge in [0.1, 0.15) is 0 Å². The molecular formula is C36H42Br2N4. The third-order valence-electron chi connectivity index (χ3n) is 8.02. The Labute approximate surface area is 269 Å². The molecular weight excluding hydrogens is 648 g/mol. The van der Waals surface area contributed by atoms with E-state index in [9.17, 15) is 0 Å². The van der Waals surface area contributed by atoms with Crippen molar-refractivity contribution in [2.45, 2.75) is 26.2 Å². The predicted molar refractivity (Wildman–Crippen MR) is 182 cm³/mol. The van der Waals surface area contributed by atoms with Crippen LogP contribution in [0.25, 0.3) is 0 Å². The first kappa shape index (κ1) is 31.1. The van der Waals surface area contributed by atoms with E-state index in [0.29, 0.717) is 0 Å². The van der Waals surface area contributed by atoms with Crippen LogP contribution in [-0.4, -0.2) is 72.0 Å². The average molecular weight is 691 g/mol. The summed E-state index contributed by atoms with van der Waals surface area (Å²) >= 11 is 7.36. The minimum atomic E-state index is 0.965. The van der Waals surface area contributed by atoms with Crippen LogP contribution in [0.1, 0.15) is 22.3 Å². The molecule has 0 amide bonds. The maximum absolute atomic E-state index is 3.68. The summed E-state index contributed by atoms with van der Waals surface area (Å²) < 4.78 is 2.30. The van der Waals surface area contributed by atoms with Crippen LogP contribution in [0.3, 0.4) is 0 Å². The maximum Gasteiger partial charge on any atom is 0.0235 e. The fourth-order valence-corrected chi connectivity index (χ4v) is 6.57. The van der Waals surface area contributed by atoms with E-state index < -0.39 is 0 Å². The van der Waals surface area contributed by atoms with Gasteiger partial charge in [-0.15, -0.1) is 0 Å². The zero-order valence-electron chi connectivity index (χ0n) is 24.4. The van der Waals surface area contributed by atoms with Gasteiger partial charge in [0.2, 0.25) is 0 Å². The minimum absolute atomic E-state index is 0.965. The van der Waals surface area contributed by atoms with Gasteiger partial charge in [-0.3, -0.25) is 19.6 Å². The molecule has 0 radical (unpaired) electrons. The van der Waals surface area contributed by atoms with Gasteiger partial charge >= 0.3 is 0 Å². The molecule has 0 N–H and O–H groups in total. The normalized spacial score (nSPS) is 17.0. The van der Waals surface area contributed by atoms with Crippen molar-refractivity contribution in [2.75, 3.05) is 52.4 Å². The Bertz CT molecular complexity index is 1230. The van der Waals surface area contributed by atoms with E-state index in [4.69, 9.17) is 0 Å². The molecule has 1 aliphatic rings. The number of hydrogen-bond donors (Lipinski definition) is 0. The van der Waals surface area contributed by atoms with Gasteiger partial charge in [0.25, 0.3) is 0 Å². The van der Waals surface area contributed by atoms with Crippen molar-refractivity contribution >= 4 is 31.9 Å². The number of benzene rings is 4. The second-order valence-corrected chi connectivity index (χ2v) is 13.2. The zero-order valence-corrected chi connectivity index (χ0v) is 27.6. The molecule has 4 aromatic rings. The van der Waals surface area contributed by atoms with E-state index in [1.165, 1.54) is 22.3 Å². The van der Waals surface area contributed by atoms with E-state index in [-0.39, 0.29) is 0 Å². The minimum Gasteiger partial charge on any atom is -0.297 e. The zero-order chi connectivity index (χ0) is 29.0.